The zero-order valence-corrected chi connectivity index (χ0v) is 20.4. The fourth-order valence-electron chi connectivity index (χ4n) is 3.37. The maximum atomic E-state index is 6.28. The molecule has 0 saturated carbocycles. The zero-order chi connectivity index (χ0) is 20.3. The van der Waals surface area contributed by atoms with Crippen molar-refractivity contribution < 1.29 is 14.2 Å². The average molecular weight is 492 g/mol. The van der Waals surface area contributed by atoms with Crippen LogP contribution in [0.3, 0.4) is 0 Å². The monoisotopic (exact) mass is 490 g/mol. The molecule has 8 heteroatoms. The van der Waals surface area contributed by atoms with Gasteiger partial charge < -0.3 is 19.5 Å². The summed E-state index contributed by atoms with van der Waals surface area (Å²) in [6.07, 6.45) is 1.11. The quantitative estimate of drug-likeness (QED) is 0.449. The summed E-state index contributed by atoms with van der Waals surface area (Å²) < 4.78 is 17.4. The van der Waals surface area contributed by atoms with Gasteiger partial charge in [-0.2, -0.15) is 0 Å². The van der Waals surface area contributed by atoms with Crippen LogP contribution >= 0.6 is 36.4 Å². The maximum absolute atomic E-state index is 6.28. The number of rotatable bonds is 11. The van der Waals surface area contributed by atoms with Crippen LogP contribution in [-0.4, -0.2) is 50.9 Å². The second kappa shape index (κ2) is 15.6. The minimum Gasteiger partial charge on any atom is -0.490 e. The van der Waals surface area contributed by atoms with Gasteiger partial charge in [-0.25, -0.2) is 0 Å². The summed E-state index contributed by atoms with van der Waals surface area (Å²) in [7, 11) is 0. The molecule has 0 radical (unpaired) electrons. The molecule has 0 bridgehead atoms. The predicted octanol–water partition coefficient (Wildman–Crippen LogP) is 4.97. The summed E-state index contributed by atoms with van der Waals surface area (Å²) in [5, 5.41) is 4.25. The molecule has 0 atom stereocenters. The molecule has 3 rings (SSSR count). The molecule has 0 spiro atoms. The van der Waals surface area contributed by atoms with Crippen molar-refractivity contribution in [2.24, 2.45) is 0 Å². The Hall–Kier alpha value is -1.21. The highest BCUT2D eigenvalue weighted by Crippen LogP contribution is 2.32. The van der Waals surface area contributed by atoms with Gasteiger partial charge in [-0.05, 0) is 38.6 Å². The van der Waals surface area contributed by atoms with Crippen molar-refractivity contribution in [1.82, 2.24) is 10.2 Å². The van der Waals surface area contributed by atoms with E-state index >= 15 is 0 Å². The molecule has 1 saturated heterocycles. The van der Waals surface area contributed by atoms with Crippen molar-refractivity contribution in [2.45, 2.75) is 26.5 Å². The SMILES string of the molecule is CCOc1cccc(CNCCCN2CCOCC2)c1OCc1ccccc1Cl.Cl.Cl. The molecular weight excluding hydrogens is 459 g/mol. The largest absolute Gasteiger partial charge is 0.490 e. The first-order chi connectivity index (χ1) is 14.3. The van der Waals surface area contributed by atoms with E-state index in [1.807, 2.05) is 43.3 Å². The van der Waals surface area contributed by atoms with Gasteiger partial charge in [-0.1, -0.05) is 41.9 Å². The highest BCUT2D eigenvalue weighted by atomic mass is 35.5. The average Bonchev–Trinajstić information content (AvgIpc) is 2.75. The lowest BCUT2D eigenvalue weighted by molar-refractivity contribution is 0.0374. The predicted molar refractivity (Wildman–Crippen MR) is 131 cm³/mol. The Morgan fingerprint density at radius 1 is 1.00 bits per heavy atom. The van der Waals surface area contributed by atoms with Crippen LogP contribution in [0.1, 0.15) is 24.5 Å². The van der Waals surface area contributed by atoms with E-state index in [0.29, 0.717) is 18.2 Å². The molecule has 1 heterocycles. The number of hydrogen-bond donors (Lipinski definition) is 1. The number of nitrogens with one attached hydrogen (secondary N) is 1. The van der Waals surface area contributed by atoms with E-state index in [0.717, 1.165) is 75.0 Å². The van der Waals surface area contributed by atoms with Crippen LogP contribution in [0.2, 0.25) is 5.02 Å². The molecule has 1 fully saturated rings. The van der Waals surface area contributed by atoms with Crippen LogP contribution in [0.5, 0.6) is 11.5 Å². The second-order valence-corrected chi connectivity index (χ2v) is 7.45. The smallest absolute Gasteiger partial charge is 0.166 e. The number of nitrogens with zero attached hydrogens (tertiary/aromatic N) is 1. The Morgan fingerprint density at radius 3 is 2.48 bits per heavy atom. The minimum atomic E-state index is 0. The Bertz CT molecular complexity index is 759. The first-order valence-corrected chi connectivity index (χ1v) is 10.8. The van der Waals surface area contributed by atoms with Crippen LogP contribution in [0.25, 0.3) is 0 Å². The van der Waals surface area contributed by atoms with Crippen molar-refractivity contribution in [3.8, 4) is 11.5 Å². The molecule has 5 nitrogen and oxygen atoms in total. The number of para-hydroxylation sites is 1. The lowest BCUT2D eigenvalue weighted by Crippen LogP contribution is -2.37. The summed E-state index contributed by atoms with van der Waals surface area (Å²) in [5.41, 5.74) is 2.05. The third-order valence-electron chi connectivity index (χ3n) is 4.94. The molecule has 0 aromatic heterocycles. The van der Waals surface area contributed by atoms with Crippen molar-refractivity contribution in [2.75, 3.05) is 46.0 Å². The molecule has 1 aliphatic rings. The Kier molecular flexibility index (Phi) is 14.0. The summed E-state index contributed by atoms with van der Waals surface area (Å²) in [6, 6.07) is 13.8. The third kappa shape index (κ3) is 9.05. The van der Waals surface area contributed by atoms with Gasteiger partial charge in [0.15, 0.2) is 11.5 Å². The van der Waals surface area contributed by atoms with Crippen LogP contribution in [0, 0.1) is 0 Å². The first-order valence-electron chi connectivity index (χ1n) is 10.4. The van der Waals surface area contributed by atoms with Gasteiger partial charge in [0.2, 0.25) is 0 Å². The molecule has 0 amide bonds. The number of benzene rings is 2. The topological polar surface area (TPSA) is 43.0 Å². The fraction of sp³-hybridized carbons (Fsp3) is 0.478. The molecule has 1 N–H and O–H groups in total. The molecule has 2 aromatic carbocycles. The standard InChI is InChI=1S/C23H31ClN2O3.2ClH/c1-2-28-22-10-5-8-19(17-25-11-6-12-26-13-15-27-16-14-26)23(22)29-18-20-7-3-4-9-21(20)24;;/h3-5,7-10,25H,2,6,11-18H2,1H3;2*1H. The molecule has 31 heavy (non-hydrogen) atoms. The Labute approximate surface area is 203 Å². The molecular formula is C23H33Cl3N2O3. The van der Waals surface area contributed by atoms with Crippen LogP contribution in [-0.2, 0) is 17.9 Å². The normalized spacial score (nSPS) is 13.7. The van der Waals surface area contributed by atoms with E-state index in [9.17, 15) is 0 Å². The zero-order valence-electron chi connectivity index (χ0n) is 18.0. The third-order valence-corrected chi connectivity index (χ3v) is 5.31. The van der Waals surface area contributed by atoms with E-state index in [4.69, 9.17) is 25.8 Å². The van der Waals surface area contributed by atoms with E-state index in [1.165, 1.54) is 0 Å². The van der Waals surface area contributed by atoms with E-state index < -0.39 is 0 Å². The molecule has 1 aliphatic heterocycles. The van der Waals surface area contributed by atoms with Gasteiger partial charge in [-0.15, -0.1) is 24.8 Å². The lowest BCUT2D eigenvalue weighted by atomic mass is 10.1. The van der Waals surface area contributed by atoms with Crippen LogP contribution < -0.4 is 14.8 Å². The van der Waals surface area contributed by atoms with Gasteiger partial charge in [0.25, 0.3) is 0 Å². The summed E-state index contributed by atoms with van der Waals surface area (Å²) in [4.78, 5) is 2.46. The minimum absolute atomic E-state index is 0. The molecule has 0 aliphatic carbocycles. The van der Waals surface area contributed by atoms with E-state index in [2.05, 4.69) is 16.3 Å². The van der Waals surface area contributed by atoms with Gasteiger partial charge in [0.1, 0.15) is 6.61 Å². The fourth-order valence-corrected chi connectivity index (χ4v) is 3.56. The summed E-state index contributed by atoms with van der Waals surface area (Å²) >= 11 is 6.28. The first kappa shape index (κ1) is 27.8. The van der Waals surface area contributed by atoms with E-state index in [1.54, 1.807) is 0 Å². The van der Waals surface area contributed by atoms with Gasteiger partial charge in [0, 0.05) is 35.8 Å². The lowest BCUT2D eigenvalue weighted by Gasteiger charge is -2.26. The highest BCUT2D eigenvalue weighted by molar-refractivity contribution is 6.31. The summed E-state index contributed by atoms with van der Waals surface area (Å²) in [5.74, 6) is 1.56. The van der Waals surface area contributed by atoms with Gasteiger partial charge in [0.05, 0.1) is 19.8 Å². The number of ether oxygens (including phenoxy) is 3. The van der Waals surface area contributed by atoms with Gasteiger partial charge >= 0.3 is 0 Å². The number of morpholine rings is 1. The summed E-state index contributed by atoms with van der Waals surface area (Å²) in [6.45, 7) is 9.56. The number of hydrogen-bond acceptors (Lipinski definition) is 5. The van der Waals surface area contributed by atoms with Gasteiger partial charge in [-0.3, -0.25) is 4.90 Å². The van der Waals surface area contributed by atoms with E-state index in [-0.39, 0.29) is 24.8 Å². The van der Waals surface area contributed by atoms with Crippen molar-refractivity contribution in [3.05, 3.63) is 58.6 Å². The highest BCUT2D eigenvalue weighted by Gasteiger charge is 2.13. The Morgan fingerprint density at radius 2 is 1.74 bits per heavy atom. The van der Waals surface area contributed by atoms with Crippen molar-refractivity contribution in [3.63, 3.8) is 0 Å². The molecule has 174 valence electrons. The molecule has 0 unspecified atom stereocenters. The Balaban J connectivity index is 0.00000240. The number of halogens is 3. The maximum Gasteiger partial charge on any atom is 0.166 e. The van der Waals surface area contributed by atoms with Crippen LogP contribution in [0.4, 0.5) is 0 Å². The van der Waals surface area contributed by atoms with Crippen molar-refractivity contribution in [1.29, 1.82) is 0 Å². The second-order valence-electron chi connectivity index (χ2n) is 7.04. The van der Waals surface area contributed by atoms with Crippen molar-refractivity contribution >= 4 is 36.4 Å². The van der Waals surface area contributed by atoms with Crippen LogP contribution in [0.15, 0.2) is 42.5 Å². The molecule has 2 aromatic rings.